The van der Waals surface area contributed by atoms with Gasteiger partial charge in [0, 0.05) is 21.5 Å². The fourth-order valence-electron chi connectivity index (χ4n) is 1.68. The van der Waals surface area contributed by atoms with Crippen molar-refractivity contribution in [1.29, 1.82) is 5.26 Å². The highest BCUT2D eigenvalue weighted by atomic mass is 32.1. The third-order valence-corrected chi connectivity index (χ3v) is 3.63. The van der Waals surface area contributed by atoms with Crippen LogP contribution in [0.3, 0.4) is 0 Å². The zero-order valence-corrected chi connectivity index (χ0v) is 11.9. The van der Waals surface area contributed by atoms with E-state index in [0.29, 0.717) is 6.42 Å². The number of rotatable bonds is 4. The predicted molar refractivity (Wildman–Crippen MR) is 82.5 cm³/mol. The van der Waals surface area contributed by atoms with Gasteiger partial charge in [0.15, 0.2) is 0 Å². The molecule has 0 saturated carbocycles. The lowest BCUT2D eigenvalue weighted by atomic mass is 10.1. The molecule has 0 radical (unpaired) electrons. The van der Waals surface area contributed by atoms with Crippen LogP contribution in [0.1, 0.15) is 15.3 Å². The summed E-state index contributed by atoms with van der Waals surface area (Å²) >= 11 is 1.65. The number of hydrogen-bond acceptors (Lipinski definition) is 3. The molecule has 1 N–H and O–H groups in total. The number of nitrogens with zero attached hydrogens (tertiary/aromatic N) is 1. The van der Waals surface area contributed by atoms with Gasteiger partial charge >= 0.3 is 0 Å². The van der Waals surface area contributed by atoms with Crippen molar-refractivity contribution < 1.29 is 4.79 Å². The number of hydrogen-bond donors (Lipinski definition) is 1. The quantitative estimate of drug-likeness (QED) is 0.868. The Kier molecular flexibility index (Phi) is 4.70. The monoisotopic (exact) mass is 282 g/mol. The number of anilines is 1. The lowest BCUT2D eigenvalue weighted by Gasteiger charge is -2.02. The third kappa shape index (κ3) is 4.08. The Labute approximate surface area is 122 Å². The Balaban J connectivity index is 1.94. The number of carbonyl (C=O) groups excluding carboxylic acids is 1. The van der Waals surface area contributed by atoms with Gasteiger partial charge in [0.05, 0.1) is 12.5 Å². The molecule has 1 heterocycles. The molecule has 1 aromatic carbocycles. The first kappa shape index (κ1) is 14.0. The van der Waals surface area contributed by atoms with Gasteiger partial charge in [-0.3, -0.25) is 4.79 Å². The minimum Gasteiger partial charge on any atom is -0.323 e. The Bertz CT molecular complexity index is 663. The van der Waals surface area contributed by atoms with Crippen molar-refractivity contribution in [2.75, 3.05) is 5.32 Å². The predicted octanol–water partition coefficient (Wildman–Crippen LogP) is 3.77. The molecule has 0 aliphatic carbocycles. The first-order valence-corrected chi connectivity index (χ1v) is 7.00. The van der Waals surface area contributed by atoms with Crippen LogP contribution in [-0.2, 0) is 11.2 Å². The Morgan fingerprint density at radius 1 is 1.30 bits per heavy atom. The van der Waals surface area contributed by atoms with Crippen molar-refractivity contribution in [2.24, 2.45) is 0 Å². The molecule has 20 heavy (non-hydrogen) atoms. The van der Waals surface area contributed by atoms with Crippen LogP contribution < -0.4 is 5.32 Å². The molecule has 100 valence electrons. The normalized spacial score (nSPS) is 10.4. The fraction of sp³-hybridized carbons (Fsp3) is 0.125. The summed E-state index contributed by atoms with van der Waals surface area (Å²) in [4.78, 5) is 14.0. The fourth-order valence-corrected chi connectivity index (χ4v) is 2.46. The topological polar surface area (TPSA) is 52.9 Å². The minimum absolute atomic E-state index is 0.163. The molecular formula is C16H14N2OS. The van der Waals surface area contributed by atoms with Crippen molar-refractivity contribution in [3.05, 3.63) is 57.8 Å². The molecule has 1 amide bonds. The van der Waals surface area contributed by atoms with Gasteiger partial charge in [-0.15, -0.1) is 11.3 Å². The first-order chi connectivity index (χ1) is 9.67. The molecule has 0 fully saturated rings. The van der Waals surface area contributed by atoms with E-state index < -0.39 is 0 Å². The molecule has 3 nitrogen and oxygen atoms in total. The molecule has 0 aliphatic rings. The number of thiophene rings is 1. The summed E-state index contributed by atoms with van der Waals surface area (Å²) in [6, 6.07) is 13.4. The van der Waals surface area contributed by atoms with Crippen LogP contribution >= 0.6 is 11.3 Å². The number of carbonyl (C=O) groups is 1. The van der Waals surface area contributed by atoms with Crippen LogP contribution in [0.2, 0.25) is 0 Å². The second-order valence-electron chi connectivity index (χ2n) is 4.30. The van der Waals surface area contributed by atoms with Crippen LogP contribution in [0, 0.1) is 18.3 Å². The van der Waals surface area contributed by atoms with Crippen LogP contribution in [0.15, 0.2) is 42.5 Å². The van der Waals surface area contributed by atoms with Crippen molar-refractivity contribution in [1.82, 2.24) is 0 Å². The number of benzene rings is 1. The smallest absolute Gasteiger partial charge is 0.248 e. The van der Waals surface area contributed by atoms with E-state index in [1.165, 1.54) is 11.0 Å². The van der Waals surface area contributed by atoms with Crippen molar-refractivity contribution in [2.45, 2.75) is 13.3 Å². The van der Waals surface area contributed by atoms with Gasteiger partial charge in [-0.25, -0.2) is 0 Å². The molecule has 1 aromatic heterocycles. The second kappa shape index (κ2) is 6.69. The zero-order chi connectivity index (χ0) is 14.4. The first-order valence-electron chi connectivity index (χ1n) is 6.19. The molecule has 2 rings (SSSR count). The van der Waals surface area contributed by atoms with E-state index in [-0.39, 0.29) is 5.91 Å². The van der Waals surface area contributed by atoms with E-state index >= 15 is 0 Å². The largest absolute Gasteiger partial charge is 0.323 e. The van der Waals surface area contributed by atoms with Gasteiger partial charge in [0.25, 0.3) is 0 Å². The minimum atomic E-state index is -0.163. The molecule has 0 atom stereocenters. The van der Waals surface area contributed by atoms with Crippen LogP contribution in [0.5, 0.6) is 0 Å². The number of aryl methyl sites for hydroxylation is 1. The van der Waals surface area contributed by atoms with Gasteiger partial charge in [-0.05, 0) is 42.8 Å². The molecule has 0 spiro atoms. The number of amides is 1. The molecule has 0 bridgehead atoms. The summed E-state index contributed by atoms with van der Waals surface area (Å²) in [6.45, 7) is 2.03. The summed E-state index contributed by atoms with van der Waals surface area (Å²) in [5, 5.41) is 11.4. The number of nitriles is 1. The van der Waals surface area contributed by atoms with Crippen molar-refractivity contribution >= 4 is 29.0 Å². The highest BCUT2D eigenvalue weighted by molar-refractivity contribution is 7.12. The SMILES string of the molecule is Cc1ccc(/C=C/C(=O)Nc2ccc(CC#N)cc2)s1. The molecule has 2 aromatic rings. The summed E-state index contributed by atoms with van der Waals surface area (Å²) < 4.78 is 0. The lowest BCUT2D eigenvalue weighted by molar-refractivity contribution is -0.111. The van der Waals surface area contributed by atoms with Crippen molar-refractivity contribution in [3.8, 4) is 6.07 Å². The van der Waals surface area contributed by atoms with E-state index in [1.807, 2.05) is 31.2 Å². The maximum Gasteiger partial charge on any atom is 0.248 e. The molecule has 0 unspecified atom stereocenters. The summed E-state index contributed by atoms with van der Waals surface area (Å²) in [6.07, 6.45) is 3.71. The second-order valence-corrected chi connectivity index (χ2v) is 5.62. The zero-order valence-electron chi connectivity index (χ0n) is 11.1. The molecule has 4 heteroatoms. The van der Waals surface area contributed by atoms with Crippen molar-refractivity contribution in [3.63, 3.8) is 0 Å². The van der Waals surface area contributed by atoms with E-state index in [1.54, 1.807) is 29.5 Å². The van der Waals surface area contributed by atoms with E-state index in [4.69, 9.17) is 5.26 Å². The van der Waals surface area contributed by atoms with Crippen LogP contribution in [0.25, 0.3) is 6.08 Å². The highest BCUT2D eigenvalue weighted by Crippen LogP contribution is 2.16. The van der Waals surface area contributed by atoms with Gasteiger partial charge in [-0.1, -0.05) is 12.1 Å². The average Bonchev–Trinajstić information content (AvgIpc) is 2.85. The van der Waals surface area contributed by atoms with Crippen LogP contribution in [0.4, 0.5) is 5.69 Å². The van der Waals surface area contributed by atoms with E-state index in [0.717, 1.165) is 16.1 Å². The molecule has 0 aliphatic heterocycles. The number of nitrogens with one attached hydrogen (secondary N) is 1. The standard InChI is InChI=1S/C16H14N2OS/c1-12-2-7-15(20-12)8-9-16(19)18-14-5-3-13(4-6-14)10-11-17/h2-9H,10H2,1H3,(H,18,19)/b9-8+. The molecule has 0 saturated heterocycles. The Morgan fingerprint density at radius 2 is 2.05 bits per heavy atom. The highest BCUT2D eigenvalue weighted by Gasteiger charge is 1.99. The summed E-state index contributed by atoms with van der Waals surface area (Å²) in [5.74, 6) is -0.163. The maximum absolute atomic E-state index is 11.8. The van der Waals surface area contributed by atoms with Gasteiger partial charge in [0.2, 0.25) is 5.91 Å². The summed E-state index contributed by atoms with van der Waals surface area (Å²) in [5.41, 5.74) is 1.67. The van der Waals surface area contributed by atoms with Crippen LogP contribution in [-0.4, -0.2) is 5.91 Å². The third-order valence-electron chi connectivity index (χ3n) is 2.66. The summed E-state index contributed by atoms with van der Waals surface area (Å²) in [7, 11) is 0. The average molecular weight is 282 g/mol. The molecular weight excluding hydrogens is 268 g/mol. The van der Waals surface area contributed by atoms with E-state index in [9.17, 15) is 4.79 Å². The van der Waals surface area contributed by atoms with Gasteiger partial charge in [0.1, 0.15) is 0 Å². The van der Waals surface area contributed by atoms with Gasteiger partial charge in [-0.2, -0.15) is 5.26 Å². The van der Waals surface area contributed by atoms with Gasteiger partial charge < -0.3 is 5.32 Å². The maximum atomic E-state index is 11.8. The van der Waals surface area contributed by atoms with E-state index in [2.05, 4.69) is 11.4 Å². The lowest BCUT2D eigenvalue weighted by Crippen LogP contribution is -2.07. The Hall–Kier alpha value is -2.38. The Morgan fingerprint density at radius 3 is 2.65 bits per heavy atom.